The molecule has 0 saturated carbocycles. The molecule has 0 bridgehead atoms. The van der Waals surface area contributed by atoms with Crippen LogP contribution in [0.1, 0.15) is 21.5 Å². The molecule has 0 atom stereocenters. The maximum atomic E-state index is 10.9. The highest BCUT2D eigenvalue weighted by Crippen LogP contribution is 2.11. The molecule has 2 aromatic rings. The monoisotopic (exact) mass is 336 g/mol. The molecule has 130 valence electrons. The summed E-state index contributed by atoms with van der Waals surface area (Å²) in [5.74, 6) is -0.872. The Bertz CT molecular complexity index is 702. The molecule has 1 aliphatic rings. The van der Waals surface area contributed by atoms with Gasteiger partial charge >= 0.3 is 5.97 Å². The number of nitrogens with zero attached hydrogens (tertiary/aromatic N) is 2. The van der Waals surface area contributed by atoms with Crippen LogP contribution in [0.3, 0.4) is 0 Å². The topological polar surface area (TPSA) is 43.8 Å². The Balaban J connectivity index is 1.42. The van der Waals surface area contributed by atoms with Gasteiger partial charge in [0.1, 0.15) is 0 Å². The van der Waals surface area contributed by atoms with Gasteiger partial charge in [0.25, 0.3) is 0 Å². The first-order valence-electron chi connectivity index (χ1n) is 8.69. The highest BCUT2D eigenvalue weighted by atomic mass is 16.4. The summed E-state index contributed by atoms with van der Waals surface area (Å²) in [6.07, 6.45) is 4.41. The lowest BCUT2D eigenvalue weighted by molar-refractivity contribution is 0.0697. The summed E-state index contributed by atoms with van der Waals surface area (Å²) < 4.78 is 0. The largest absolute Gasteiger partial charge is 0.478 e. The van der Waals surface area contributed by atoms with Gasteiger partial charge in [0.05, 0.1) is 5.56 Å². The predicted octanol–water partition coefficient (Wildman–Crippen LogP) is 3.22. The van der Waals surface area contributed by atoms with Crippen LogP contribution in [0.4, 0.5) is 0 Å². The van der Waals surface area contributed by atoms with E-state index in [0.29, 0.717) is 5.56 Å². The van der Waals surface area contributed by atoms with Gasteiger partial charge in [-0.15, -0.1) is 0 Å². The maximum Gasteiger partial charge on any atom is 0.335 e. The van der Waals surface area contributed by atoms with Gasteiger partial charge in [-0.05, 0) is 23.3 Å². The minimum atomic E-state index is -0.872. The van der Waals surface area contributed by atoms with Gasteiger partial charge in [0, 0.05) is 39.3 Å². The van der Waals surface area contributed by atoms with Crippen LogP contribution in [0.2, 0.25) is 0 Å². The van der Waals surface area contributed by atoms with Crippen molar-refractivity contribution in [2.75, 3.05) is 32.7 Å². The van der Waals surface area contributed by atoms with Crippen molar-refractivity contribution in [3.8, 4) is 0 Å². The summed E-state index contributed by atoms with van der Waals surface area (Å²) in [5, 5.41) is 8.95. The standard InChI is InChI=1S/C21H24N2O2/c24-21(25)20-10-8-19(9-11-20)17-23-15-13-22(14-16-23)12-4-7-18-5-2-1-3-6-18/h1-11H,12-17H2,(H,24,25). The minimum Gasteiger partial charge on any atom is -0.478 e. The van der Waals surface area contributed by atoms with E-state index in [1.54, 1.807) is 12.1 Å². The average molecular weight is 336 g/mol. The molecule has 25 heavy (non-hydrogen) atoms. The van der Waals surface area contributed by atoms with E-state index >= 15 is 0 Å². The zero-order valence-corrected chi connectivity index (χ0v) is 14.3. The number of carboxylic acid groups (broad SMARTS) is 1. The number of carbonyl (C=O) groups is 1. The van der Waals surface area contributed by atoms with Crippen molar-refractivity contribution >= 4 is 12.0 Å². The van der Waals surface area contributed by atoms with Crippen LogP contribution in [0.5, 0.6) is 0 Å². The van der Waals surface area contributed by atoms with Gasteiger partial charge in [0.15, 0.2) is 0 Å². The molecule has 0 spiro atoms. The van der Waals surface area contributed by atoms with Crippen molar-refractivity contribution in [1.29, 1.82) is 0 Å². The Morgan fingerprint density at radius 1 is 0.920 bits per heavy atom. The number of rotatable bonds is 6. The Morgan fingerprint density at radius 2 is 1.56 bits per heavy atom. The maximum absolute atomic E-state index is 10.9. The molecular weight excluding hydrogens is 312 g/mol. The summed E-state index contributed by atoms with van der Waals surface area (Å²) in [6, 6.07) is 17.6. The first-order chi connectivity index (χ1) is 12.2. The van der Waals surface area contributed by atoms with E-state index in [-0.39, 0.29) is 0 Å². The molecule has 1 heterocycles. The van der Waals surface area contributed by atoms with Crippen LogP contribution < -0.4 is 0 Å². The number of hydrogen-bond donors (Lipinski definition) is 1. The van der Waals surface area contributed by atoms with Gasteiger partial charge in [-0.25, -0.2) is 4.79 Å². The molecule has 1 fully saturated rings. The van der Waals surface area contributed by atoms with Gasteiger partial charge in [0.2, 0.25) is 0 Å². The Hall–Kier alpha value is -2.43. The second-order valence-corrected chi connectivity index (χ2v) is 6.39. The van der Waals surface area contributed by atoms with E-state index in [1.165, 1.54) is 11.1 Å². The predicted molar refractivity (Wildman–Crippen MR) is 101 cm³/mol. The molecule has 0 aliphatic carbocycles. The number of carboxylic acids is 1. The molecule has 0 aromatic heterocycles. The minimum absolute atomic E-state index is 0.346. The molecule has 1 aliphatic heterocycles. The third-order valence-corrected chi connectivity index (χ3v) is 4.55. The molecule has 1 saturated heterocycles. The smallest absolute Gasteiger partial charge is 0.335 e. The Morgan fingerprint density at radius 3 is 2.20 bits per heavy atom. The van der Waals surface area contributed by atoms with Gasteiger partial charge in [-0.1, -0.05) is 54.6 Å². The second kappa shape index (κ2) is 8.60. The van der Waals surface area contributed by atoms with E-state index in [1.807, 2.05) is 18.2 Å². The van der Waals surface area contributed by atoms with Crippen LogP contribution in [0.15, 0.2) is 60.7 Å². The SMILES string of the molecule is O=C(O)c1ccc(CN2CCN(CC=Cc3ccccc3)CC2)cc1. The normalized spacial score (nSPS) is 16.3. The zero-order chi connectivity index (χ0) is 17.5. The van der Waals surface area contributed by atoms with Crippen molar-refractivity contribution < 1.29 is 9.90 Å². The fourth-order valence-corrected chi connectivity index (χ4v) is 3.04. The van der Waals surface area contributed by atoms with Crippen molar-refractivity contribution in [1.82, 2.24) is 9.80 Å². The summed E-state index contributed by atoms with van der Waals surface area (Å²) in [7, 11) is 0. The van der Waals surface area contributed by atoms with E-state index in [2.05, 4.69) is 46.2 Å². The lowest BCUT2D eigenvalue weighted by atomic mass is 10.1. The van der Waals surface area contributed by atoms with Gasteiger partial charge in [-0.2, -0.15) is 0 Å². The molecule has 0 amide bonds. The summed E-state index contributed by atoms with van der Waals surface area (Å²) in [6.45, 7) is 6.07. The van der Waals surface area contributed by atoms with Crippen molar-refractivity contribution in [3.05, 3.63) is 77.4 Å². The van der Waals surface area contributed by atoms with E-state index in [9.17, 15) is 4.79 Å². The summed E-state index contributed by atoms with van der Waals surface area (Å²) in [4.78, 5) is 15.8. The van der Waals surface area contributed by atoms with Crippen molar-refractivity contribution in [3.63, 3.8) is 0 Å². The third kappa shape index (κ3) is 5.28. The molecule has 3 rings (SSSR count). The van der Waals surface area contributed by atoms with E-state index in [0.717, 1.165) is 39.3 Å². The highest BCUT2D eigenvalue weighted by Gasteiger charge is 2.16. The number of piperazine rings is 1. The second-order valence-electron chi connectivity index (χ2n) is 6.39. The lowest BCUT2D eigenvalue weighted by Gasteiger charge is -2.34. The quantitative estimate of drug-likeness (QED) is 0.880. The van der Waals surface area contributed by atoms with E-state index in [4.69, 9.17) is 5.11 Å². The third-order valence-electron chi connectivity index (χ3n) is 4.55. The van der Waals surface area contributed by atoms with Crippen LogP contribution >= 0.6 is 0 Å². The summed E-state index contributed by atoms with van der Waals surface area (Å²) >= 11 is 0. The van der Waals surface area contributed by atoms with Crippen molar-refractivity contribution in [2.45, 2.75) is 6.54 Å². The van der Waals surface area contributed by atoms with Crippen LogP contribution in [-0.2, 0) is 6.54 Å². The zero-order valence-electron chi connectivity index (χ0n) is 14.3. The average Bonchev–Trinajstić information content (AvgIpc) is 2.64. The van der Waals surface area contributed by atoms with Crippen LogP contribution in [0.25, 0.3) is 6.08 Å². The first-order valence-corrected chi connectivity index (χ1v) is 8.69. The highest BCUT2D eigenvalue weighted by molar-refractivity contribution is 5.87. The molecule has 2 aromatic carbocycles. The lowest BCUT2D eigenvalue weighted by Crippen LogP contribution is -2.45. The fraction of sp³-hybridized carbons (Fsp3) is 0.286. The molecule has 4 nitrogen and oxygen atoms in total. The summed E-state index contributed by atoms with van der Waals surface area (Å²) in [5.41, 5.74) is 2.76. The molecule has 1 N–H and O–H groups in total. The first kappa shape index (κ1) is 17.4. The van der Waals surface area contributed by atoms with Gasteiger partial charge < -0.3 is 5.11 Å². The molecular formula is C21H24N2O2. The van der Waals surface area contributed by atoms with E-state index < -0.39 is 5.97 Å². The molecule has 0 unspecified atom stereocenters. The number of benzene rings is 2. The fourth-order valence-electron chi connectivity index (χ4n) is 3.04. The van der Waals surface area contributed by atoms with Crippen LogP contribution in [0, 0.1) is 0 Å². The Labute approximate surface area is 149 Å². The van der Waals surface area contributed by atoms with Gasteiger partial charge in [-0.3, -0.25) is 9.80 Å². The number of hydrogen-bond acceptors (Lipinski definition) is 3. The van der Waals surface area contributed by atoms with Crippen LogP contribution in [-0.4, -0.2) is 53.6 Å². The Kier molecular flexibility index (Phi) is 5.99. The number of aromatic carboxylic acids is 1. The van der Waals surface area contributed by atoms with Crippen molar-refractivity contribution in [2.24, 2.45) is 0 Å². The molecule has 4 heteroatoms. The molecule has 0 radical (unpaired) electrons.